The third-order valence-corrected chi connectivity index (χ3v) is 3.71. The summed E-state index contributed by atoms with van der Waals surface area (Å²) in [6, 6.07) is 3.55. The number of carbonyl (C=O) groups is 2. The minimum atomic E-state index is -1.35. The zero-order chi connectivity index (χ0) is 14.8. The molecule has 1 amide bonds. The van der Waals surface area contributed by atoms with Gasteiger partial charge in [-0.25, -0.2) is 9.18 Å². The number of hydrogen-bond donors (Lipinski definition) is 3. The first-order valence-corrected chi connectivity index (χ1v) is 6.47. The maximum Gasteiger partial charge on any atom is 0.338 e. The van der Waals surface area contributed by atoms with Gasteiger partial charge in [0.25, 0.3) is 0 Å². The molecule has 1 aliphatic heterocycles. The summed E-state index contributed by atoms with van der Waals surface area (Å²) < 4.78 is 13.3. The van der Waals surface area contributed by atoms with Crippen LogP contribution in [0.5, 0.6) is 0 Å². The first-order valence-electron chi connectivity index (χ1n) is 6.47. The van der Waals surface area contributed by atoms with E-state index in [9.17, 15) is 14.0 Å². The molecule has 1 aliphatic rings. The minimum Gasteiger partial charge on any atom is -0.478 e. The van der Waals surface area contributed by atoms with Gasteiger partial charge < -0.3 is 15.7 Å². The van der Waals surface area contributed by atoms with Gasteiger partial charge in [-0.05, 0) is 44.1 Å². The smallest absolute Gasteiger partial charge is 0.338 e. The molecule has 6 heteroatoms. The molecular formula is C14H17FN2O3. The number of amides is 1. The monoisotopic (exact) mass is 280 g/mol. The Labute approximate surface area is 116 Å². The lowest BCUT2D eigenvalue weighted by Crippen LogP contribution is -2.42. The van der Waals surface area contributed by atoms with E-state index in [1.165, 1.54) is 6.07 Å². The average molecular weight is 280 g/mol. The summed E-state index contributed by atoms with van der Waals surface area (Å²) in [5.74, 6) is -2.34. The highest BCUT2D eigenvalue weighted by atomic mass is 19.1. The maximum absolute atomic E-state index is 13.3. The Hall–Kier alpha value is -1.95. The molecule has 0 saturated carbocycles. The fraction of sp³-hybridized carbons (Fsp3) is 0.429. The van der Waals surface area contributed by atoms with E-state index in [4.69, 9.17) is 5.11 Å². The van der Waals surface area contributed by atoms with Gasteiger partial charge in [0.15, 0.2) is 0 Å². The SMILES string of the molecule is CC1(C(=O)Nc2ccc(F)c(C(=O)O)c2)CCNCC1. The quantitative estimate of drug-likeness (QED) is 0.789. The Kier molecular flexibility index (Phi) is 4.04. The number of carboxylic acid groups (broad SMARTS) is 1. The summed E-state index contributed by atoms with van der Waals surface area (Å²) in [4.78, 5) is 23.1. The molecule has 1 aromatic rings. The summed E-state index contributed by atoms with van der Waals surface area (Å²) in [6.45, 7) is 3.42. The van der Waals surface area contributed by atoms with Gasteiger partial charge in [0.1, 0.15) is 5.82 Å². The molecule has 5 nitrogen and oxygen atoms in total. The summed E-state index contributed by atoms with van der Waals surface area (Å²) in [5.41, 5.74) is -0.630. The second kappa shape index (κ2) is 5.58. The van der Waals surface area contributed by atoms with Crippen molar-refractivity contribution >= 4 is 17.6 Å². The van der Waals surface area contributed by atoms with Crippen LogP contribution in [0.15, 0.2) is 18.2 Å². The Morgan fingerprint density at radius 2 is 2.00 bits per heavy atom. The number of nitrogens with one attached hydrogen (secondary N) is 2. The van der Waals surface area contributed by atoms with Gasteiger partial charge in [0.05, 0.1) is 5.56 Å². The second-order valence-electron chi connectivity index (χ2n) is 5.26. The number of piperidine rings is 1. The molecule has 0 bridgehead atoms. The van der Waals surface area contributed by atoms with Crippen LogP contribution in [0.4, 0.5) is 10.1 Å². The summed E-state index contributed by atoms with van der Waals surface area (Å²) in [5, 5.41) is 14.7. The molecular weight excluding hydrogens is 263 g/mol. The van der Waals surface area contributed by atoms with Crippen molar-refractivity contribution in [3.63, 3.8) is 0 Å². The van der Waals surface area contributed by atoms with Crippen molar-refractivity contribution in [2.24, 2.45) is 5.41 Å². The lowest BCUT2D eigenvalue weighted by atomic mass is 9.80. The molecule has 108 valence electrons. The first-order chi connectivity index (χ1) is 9.42. The van der Waals surface area contributed by atoms with Crippen LogP contribution in [0, 0.1) is 11.2 Å². The molecule has 2 rings (SSSR count). The predicted molar refractivity (Wildman–Crippen MR) is 72.2 cm³/mol. The maximum atomic E-state index is 13.3. The third-order valence-electron chi connectivity index (χ3n) is 3.71. The highest BCUT2D eigenvalue weighted by molar-refractivity contribution is 5.97. The van der Waals surface area contributed by atoms with Crippen molar-refractivity contribution in [3.05, 3.63) is 29.6 Å². The van der Waals surface area contributed by atoms with Crippen molar-refractivity contribution in [3.8, 4) is 0 Å². The lowest BCUT2D eigenvalue weighted by molar-refractivity contribution is -0.126. The molecule has 3 N–H and O–H groups in total. The highest BCUT2D eigenvalue weighted by Crippen LogP contribution is 2.29. The van der Waals surface area contributed by atoms with Crippen LogP contribution in [0.1, 0.15) is 30.1 Å². The van der Waals surface area contributed by atoms with E-state index in [0.717, 1.165) is 25.2 Å². The number of carbonyl (C=O) groups excluding carboxylic acids is 1. The minimum absolute atomic E-state index is 0.165. The molecule has 0 unspecified atom stereocenters. The Morgan fingerprint density at radius 3 is 2.60 bits per heavy atom. The molecule has 0 aliphatic carbocycles. The molecule has 0 spiro atoms. The summed E-state index contributed by atoms with van der Waals surface area (Å²) in [7, 11) is 0. The Bertz CT molecular complexity index is 539. The van der Waals surface area contributed by atoms with E-state index < -0.39 is 22.8 Å². The molecule has 1 aromatic carbocycles. The topological polar surface area (TPSA) is 78.4 Å². The van der Waals surface area contributed by atoms with Crippen LogP contribution in [0.25, 0.3) is 0 Å². The van der Waals surface area contributed by atoms with Crippen molar-refractivity contribution in [2.75, 3.05) is 18.4 Å². The van der Waals surface area contributed by atoms with E-state index in [2.05, 4.69) is 10.6 Å². The number of aromatic carboxylic acids is 1. The van der Waals surface area contributed by atoms with E-state index >= 15 is 0 Å². The number of anilines is 1. The molecule has 0 radical (unpaired) electrons. The van der Waals surface area contributed by atoms with Gasteiger partial charge in [0.2, 0.25) is 5.91 Å². The Morgan fingerprint density at radius 1 is 1.35 bits per heavy atom. The van der Waals surface area contributed by atoms with Gasteiger partial charge in [-0.1, -0.05) is 6.92 Å². The zero-order valence-electron chi connectivity index (χ0n) is 11.2. The van der Waals surface area contributed by atoms with Gasteiger partial charge in [-0.15, -0.1) is 0 Å². The standard InChI is InChI=1S/C14H17FN2O3/c1-14(4-6-16-7-5-14)13(20)17-9-2-3-11(15)10(8-9)12(18)19/h2-3,8,16H,4-7H2,1H3,(H,17,20)(H,18,19). The van der Waals surface area contributed by atoms with Crippen LogP contribution in [-0.4, -0.2) is 30.1 Å². The Balaban J connectivity index is 2.15. The number of benzene rings is 1. The van der Waals surface area contributed by atoms with Crippen molar-refractivity contribution < 1.29 is 19.1 Å². The first kappa shape index (κ1) is 14.5. The highest BCUT2D eigenvalue weighted by Gasteiger charge is 2.34. The molecule has 0 aromatic heterocycles. The second-order valence-corrected chi connectivity index (χ2v) is 5.26. The van der Waals surface area contributed by atoms with E-state index in [0.29, 0.717) is 18.5 Å². The lowest BCUT2D eigenvalue weighted by Gasteiger charge is -2.32. The normalized spacial score (nSPS) is 17.5. The van der Waals surface area contributed by atoms with Crippen molar-refractivity contribution in [2.45, 2.75) is 19.8 Å². The molecule has 1 saturated heterocycles. The van der Waals surface area contributed by atoms with E-state index in [1.807, 2.05) is 6.92 Å². The molecule has 20 heavy (non-hydrogen) atoms. The largest absolute Gasteiger partial charge is 0.478 e. The fourth-order valence-corrected chi connectivity index (χ4v) is 2.25. The van der Waals surface area contributed by atoms with Gasteiger partial charge in [0, 0.05) is 11.1 Å². The summed E-state index contributed by atoms with van der Waals surface area (Å²) in [6.07, 6.45) is 1.43. The molecule has 1 fully saturated rings. The zero-order valence-corrected chi connectivity index (χ0v) is 11.2. The van der Waals surface area contributed by atoms with E-state index in [1.54, 1.807) is 0 Å². The molecule has 0 atom stereocenters. The molecule has 1 heterocycles. The van der Waals surface area contributed by atoms with Crippen LogP contribution >= 0.6 is 0 Å². The number of rotatable bonds is 3. The predicted octanol–water partition coefficient (Wildman–Crippen LogP) is 1.85. The van der Waals surface area contributed by atoms with Crippen LogP contribution < -0.4 is 10.6 Å². The van der Waals surface area contributed by atoms with Gasteiger partial charge in [-0.3, -0.25) is 4.79 Å². The summed E-state index contributed by atoms with van der Waals surface area (Å²) >= 11 is 0. The van der Waals surface area contributed by atoms with Crippen LogP contribution in [0.3, 0.4) is 0 Å². The number of carboxylic acids is 1. The number of halogens is 1. The third kappa shape index (κ3) is 2.96. The van der Waals surface area contributed by atoms with Crippen LogP contribution in [-0.2, 0) is 4.79 Å². The van der Waals surface area contributed by atoms with Crippen molar-refractivity contribution in [1.82, 2.24) is 5.32 Å². The van der Waals surface area contributed by atoms with Crippen molar-refractivity contribution in [1.29, 1.82) is 0 Å². The van der Waals surface area contributed by atoms with Crippen LogP contribution in [0.2, 0.25) is 0 Å². The fourth-order valence-electron chi connectivity index (χ4n) is 2.25. The van der Waals surface area contributed by atoms with Gasteiger partial charge >= 0.3 is 5.97 Å². The van der Waals surface area contributed by atoms with Gasteiger partial charge in [-0.2, -0.15) is 0 Å². The van der Waals surface area contributed by atoms with E-state index in [-0.39, 0.29) is 5.91 Å². The number of hydrogen-bond acceptors (Lipinski definition) is 3. The average Bonchev–Trinajstić information content (AvgIpc) is 2.41.